The molecule has 2 heteroatoms. The van der Waals surface area contributed by atoms with Crippen molar-refractivity contribution in [3.8, 4) is 0 Å². The van der Waals surface area contributed by atoms with Gasteiger partial charge in [-0.15, -0.1) is 0 Å². The maximum atomic E-state index is 12.2. The standard InChI is InChI=1S/C19H27NO/c1-14(7-8-15-5-3-2-4-6-15)20-19(21)13-18-12-16-9-10-17(18)11-16/h2-6,14,16-18H,7-13H2,1H3,(H,20,21)/t14-,16-,17-,18+/m0/s1. The summed E-state index contributed by atoms with van der Waals surface area (Å²) >= 11 is 0. The van der Waals surface area contributed by atoms with Gasteiger partial charge in [0.05, 0.1) is 0 Å². The van der Waals surface area contributed by atoms with E-state index in [0.717, 1.165) is 31.1 Å². The molecule has 2 nitrogen and oxygen atoms in total. The summed E-state index contributed by atoms with van der Waals surface area (Å²) in [6.07, 6.45) is 8.29. The molecule has 3 rings (SSSR count). The predicted octanol–water partition coefficient (Wildman–Crippen LogP) is 3.95. The first-order valence-electron chi connectivity index (χ1n) is 8.54. The zero-order valence-corrected chi connectivity index (χ0v) is 13.1. The number of aryl methyl sites for hydroxylation is 1. The van der Waals surface area contributed by atoms with Crippen LogP contribution in [0.1, 0.15) is 51.0 Å². The minimum Gasteiger partial charge on any atom is -0.354 e. The van der Waals surface area contributed by atoms with E-state index < -0.39 is 0 Å². The molecule has 1 aromatic carbocycles. The highest BCUT2D eigenvalue weighted by Gasteiger charge is 2.40. The van der Waals surface area contributed by atoms with Gasteiger partial charge >= 0.3 is 0 Å². The van der Waals surface area contributed by atoms with Crippen molar-refractivity contribution >= 4 is 5.91 Å². The van der Waals surface area contributed by atoms with Crippen LogP contribution in [0, 0.1) is 17.8 Å². The molecule has 2 aliphatic rings. The van der Waals surface area contributed by atoms with Crippen LogP contribution in [0.15, 0.2) is 30.3 Å². The van der Waals surface area contributed by atoms with Crippen molar-refractivity contribution in [3.63, 3.8) is 0 Å². The number of carbonyl (C=O) groups is 1. The SMILES string of the molecule is C[C@@H](CCc1ccccc1)NC(=O)C[C@H]1C[C@H]2CC[C@H]1C2. The van der Waals surface area contributed by atoms with Crippen molar-refractivity contribution in [1.29, 1.82) is 0 Å². The van der Waals surface area contributed by atoms with E-state index in [4.69, 9.17) is 0 Å². The average molecular weight is 285 g/mol. The highest BCUT2D eigenvalue weighted by atomic mass is 16.1. The van der Waals surface area contributed by atoms with Crippen LogP contribution in [0.3, 0.4) is 0 Å². The van der Waals surface area contributed by atoms with Crippen LogP contribution in [-0.2, 0) is 11.2 Å². The van der Waals surface area contributed by atoms with Gasteiger partial charge in [-0.25, -0.2) is 0 Å². The lowest BCUT2D eigenvalue weighted by Gasteiger charge is -2.22. The molecular weight excluding hydrogens is 258 g/mol. The molecule has 2 saturated carbocycles. The summed E-state index contributed by atoms with van der Waals surface area (Å²) in [5.41, 5.74) is 1.35. The fourth-order valence-electron chi connectivity index (χ4n) is 4.30. The minimum atomic E-state index is 0.271. The lowest BCUT2D eigenvalue weighted by Crippen LogP contribution is -2.34. The second-order valence-electron chi connectivity index (χ2n) is 7.13. The predicted molar refractivity (Wildman–Crippen MR) is 85.9 cm³/mol. The number of carbonyl (C=O) groups excluding carboxylic acids is 1. The number of amides is 1. The molecule has 0 spiro atoms. The summed E-state index contributed by atoms with van der Waals surface area (Å²) in [7, 11) is 0. The Morgan fingerprint density at radius 3 is 2.71 bits per heavy atom. The summed E-state index contributed by atoms with van der Waals surface area (Å²) in [5.74, 6) is 2.72. The zero-order chi connectivity index (χ0) is 14.7. The smallest absolute Gasteiger partial charge is 0.220 e. The van der Waals surface area contributed by atoms with Crippen molar-refractivity contribution in [3.05, 3.63) is 35.9 Å². The van der Waals surface area contributed by atoms with Gasteiger partial charge < -0.3 is 5.32 Å². The van der Waals surface area contributed by atoms with Crippen molar-refractivity contribution in [2.75, 3.05) is 0 Å². The van der Waals surface area contributed by atoms with Gasteiger partial charge in [0, 0.05) is 12.5 Å². The summed E-state index contributed by atoms with van der Waals surface area (Å²) in [6.45, 7) is 2.13. The Morgan fingerprint density at radius 2 is 2.05 bits per heavy atom. The van der Waals surface area contributed by atoms with Crippen LogP contribution in [-0.4, -0.2) is 11.9 Å². The summed E-state index contributed by atoms with van der Waals surface area (Å²) < 4.78 is 0. The molecular formula is C19H27NO. The fraction of sp³-hybridized carbons (Fsp3) is 0.632. The topological polar surface area (TPSA) is 29.1 Å². The molecule has 0 heterocycles. The van der Waals surface area contributed by atoms with Crippen LogP contribution < -0.4 is 5.32 Å². The Labute approximate surface area is 128 Å². The zero-order valence-electron chi connectivity index (χ0n) is 13.1. The maximum Gasteiger partial charge on any atom is 0.220 e. The van der Waals surface area contributed by atoms with E-state index in [0.29, 0.717) is 5.92 Å². The molecule has 114 valence electrons. The van der Waals surface area contributed by atoms with E-state index in [1.54, 1.807) is 0 Å². The molecule has 1 aromatic rings. The normalized spacial score (nSPS) is 28.5. The van der Waals surface area contributed by atoms with Crippen LogP contribution in [0.25, 0.3) is 0 Å². The van der Waals surface area contributed by atoms with Crippen molar-refractivity contribution in [1.82, 2.24) is 5.32 Å². The maximum absolute atomic E-state index is 12.2. The lowest BCUT2D eigenvalue weighted by molar-refractivity contribution is -0.123. The second-order valence-corrected chi connectivity index (χ2v) is 7.13. The monoisotopic (exact) mass is 285 g/mol. The van der Waals surface area contributed by atoms with Crippen molar-refractivity contribution in [2.45, 2.75) is 57.9 Å². The molecule has 4 atom stereocenters. The van der Waals surface area contributed by atoms with E-state index in [9.17, 15) is 4.79 Å². The molecule has 0 aliphatic heterocycles. The summed E-state index contributed by atoms with van der Waals surface area (Å²) in [5, 5.41) is 3.20. The first kappa shape index (κ1) is 14.6. The van der Waals surface area contributed by atoms with Crippen LogP contribution in [0.4, 0.5) is 0 Å². The Bertz CT molecular complexity index is 470. The Balaban J connectivity index is 1.38. The van der Waals surface area contributed by atoms with E-state index in [1.165, 1.54) is 31.2 Å². The van der Waals surface area contributed by atoms with Crippen LogP contribution >= 0.6 is 0 Å². The van der Waals surface area contributed by atoms with Crippen molar-refractivity contribution < 1.29 is 4.79 Å². The van der Waals surface area contributed by atoms with Crippen molar-refractivity contribution in [2.24, 2.45) is 17.8 Å². The molecule has 0 radical (unpaired) electrons. The molecule has 1 N–H and O–H groups in total. The highest BCUT2D eigenvalue weighted by Crippen LogP contribution is 2.49. The largest absolute Gasteiger partial charge is 0.354 e. The molecule has 2 fully saturated rings. The van der Waals surface area contributed by atoms with Gasteiger partial charge in [-0.1, -0.05) is 36.8 Å². The van der Waals surface area contributed by atoms with Crippen LogP contribution in [0.2, 0.25) is 0 Å². The van der Waals surface area contributed by atoms with E-state index in [2.05, 4.69) is 36.5 Å². The van der Waals surface area contributed by atoms with Gasteiger partial charge in [-0.2, -0.15) is 0 Å². The van der Waals surface area contributed by atoms with Gasteiger partial charge in [-0.3, -0.25) is 4.79 Å². The minimum absolute atomic E-state index is 0.271. The van der Waals surface area contributed by atoms with E-state index >= 15 is 0 Å². The number of fused-ring (bicyclic) bond motifs is 2. The number of benzene rings is 1. The lowest BCUT2D eigenvalue weighted by atomic mass is 9.86. The highest BCUT2D eigenvalue weighted by molar-refractivity contribution is 5.76. The Morgan fingerprint density at radius 1 is 1.24 bits per heavy atom. The third-order valence-electron chi connectivity index (χ3n) is 5.45. The number of hydrogen-bond acceptors (Lipinski definition) is 1. The van der Waals surface area contributed by atoms with Gasteiger partial charge in [0.2, 0.25) is 5.91 Å². The molecule has 1 amide bonds. The molecule has 2 aliphatic carbocycles. The fourth-order valence-corrected chi connectivity index (χ4v) is 4.30. The Hall–Kier alpha value is -1.31. The first-order chi connectivity index (χ1) is 10.2. The van der Waals surface area contributed by atoms with Gasteiger partial charge in [0.15, 0.2) is 0 Å². The van der Waals surface area contributed by atoms with Crippen LogP contribution in [0.5, 0.6) is 0 Å². The second kappa shape index (κ2) is 6.64. The van der Waals surface area contributed by atoms with Gasteiger partial charge in [0.25, 0.3) is 0 Å². The summed E-state index contributed by atoms with van der Waals surface area (Å²) in [6, 6.07) is 10.8. The van der Waals surface area contributed by atoms with E-state index in [-0.39, 0.29) is 11.9 Å². The number of hydrogen-bond donors (Lipinski definition) is 1. The quantitative estimate of drug-likeness (QED) is 0.842. The molecule has 0 unspecified atom stereocenters. The molecule has 0 saturated heterocycles. The summed E-state index contributed by atoms with van der Waals surface area (Å²) in [4.78, 5) is 12.2. The molecule has 2 bridgehead atoms. The van der Waals surface area contributed by atoms with E-state index in [1.807, 2.05) is 6.07 Å². The number of nitrogens with one attached hydrogen (secondary N) is 1. The first-order valence-corrected chi connectivity index (χ1v) is 8.54. The molecule has 0 aromatic heterocycles. The van der Waals surface area contributed by atoms with Gasteiger partial charge in [0.1, 0.15) is 0 Å². The molecule has 21 heavy (non-hydrogen) atoms. The Kier molecular flexibility index (Phi) is 4.62. The number of rotatable bonds is 6. The third kappa shape index (κ3) is 3.87. The average Bonchev–Trinajstić information content (AvgIpc) is 3.08. The third-order valence-corrected chi connectivity index (χ3v) is 5.45. The van der Waals surface area contributed by atoms with Gasteiger partial charge in [-0.05, 0) is 62.3 Å².